The molecule has 1 aromatic heterocycles. The highest BCUT2D eigenvalue weighted by Gasteiger charge is 2.32. The van der Waals surface area contributed by atoms with Gasteiger partial charge >= 0.3 is 0 Å². The number of aromatic nitrogens is 1. The van der Waals surface area contributed by atoms with E-state index in [1.54, 1.807) is 42.3 Å². The number of nitrogens with zero attached hydrogens (tertiary/aromatic N) is 2. The number of sulfone groups is 1. The first-order valence-corrected chi connectivity index (χ1v) is 13.4. The first kappa shape index (κ1) is 24.7. The Hall–Kier alpha value is -2.42. The zero-order valence-corrected chi connectivity index (χ0v) is 20.9. The normalized spacial score (nSPS) is 17.6. The van der Waals surface area contributed by atoms with Gasteiger partial charge in [0, 0.05) is 42.1 Å². The fraction of sp³-hybridized carbons (Fsp3) is 0.333. The first-order valence-electron chi connectivity index (χ1n) is 10.7. The zero-order valence-electron chi connectivity index (χ0n) is 18.6. The van der Waals surface area contributed by atoms with Crippen LogP contribution in [-0.4, -0.2) is 54.9 Å². The molecule has 0 saturated carbocycles. The van der Waals surface area contributed by atoms with Crippen LogP contribution in [0.3, 0.4) is 0 Å². The van der Waals surface area contributed by atoms with Crippen LogP contribution in [0.5, 0.6) is 5.75 Å². The molecule has 34 heavy (non-hydrogen) atoms. The number of fused-ring (bicyclic) bond motifs is 1. The molecule has 180 valence electrons. The largest absolute Gasteiger partial charge is 0.481 e. The van der Waals surface area contributed by atoms with E-state index in [1.165, 1.54) is 18.4 Å². The maximum atomic E-state index is 13.5. The van der Waals surface area contributed by atoms with Crippen molar-refractivity contribution in [1.29, 1.82) is 0 Å². The third-order valence-corrected chi connectivity index (χ3v) is 8.20. The lowest BCUT2D eigenvalue weighted by atomic mass is 10.0. The van der Waals surface area contributed by atoms with Gasteiger partial charge in [-0.15, -0.1) is 0 Å². The molecule has 0 radical (unpaired) electrons. The summed E-state index contributed by atoms with van der Waals surface area (Å²) >= 11 is 12.6. The van der Waals surface area contributed by atoms with Gasteiger partial charge in [-0.1, -0.05) is 23.2 Å². The number of hydrogen-bond acceptors (Lipinski definition) is 5. The second-order valence-corrected chi connectivity index (χ2v) is 11.5. The van der Waals surface area contributed by atoms with E-state index < -0.39 is 27.0 Å². The van der Waals surface area contributed by atoms with Gasteiger partial charge in [-0.25, -0.2) is 17.8 Å². The minimum Gasteiger partial charge on any atom is -0.481 e. The molecule has 0 bridgehead atoms. The zero-order chi connectivity index (χ0) is 24.6. The van der Waals surface area contributed by atoms with Crippen LogP contribution in [0.4, 0.5) is 4.39 Å². The second kappa shape index (κ2) is 9.68. The van der Waals surface area contributed by atoms with Gasteiger partial charge < -0.3 is 9.64 Å². The summed E-state index contributed by atoms with van der Waals surface area (Å²) in [5, 5.41) is 1.27. The highest BCUT2D eigenvalue weighted by molar-refractivity contribution is 7.91. The smallest absolute Gasteiger partial charge is 0.263 e. The molecule has 0 aliphatic carbocycles. The van der Waals surface area contributed by atoms with Crippen LogP contribution < -0.4 is 4.74 Å². The molecule has 0 spiro atoms. The number of piperidine rings is 1. The van der Waals surface area contributed by atoms with Crippen molar-refractivity contribution < 1.29 is 22.3 Å². The van der Waals surface area contributed by atoms with Crippen molar-refractivity contribution in [1.82, 2.24) is 9.88 Å². The lowest BCUT2D eigenvalue weighted by molar-refractivity contribution is -0.138. The molecule has 1 unspecified atom stereocenters. The quantitative estimate of drug-likeness (QED) is 0.431. The third kappa shape index (κ3) is 5.14. The Morgan fingerprint density at radius 2 is 1.94 bits per heavy atom. The van der Waals surface area contributed by atoms with E-state index in [4.69, 9.17) is 27.9 Å². The van der Waals surface area contributed by atoms with Gasteiger partial charge in [0.05, 0.1) is 10.3 Å². The average molecular weight is 525 g/mol. The number of hydrogen-bond donors (Lipinski definition) is 0. The number of likely N-dealkylation sites (tertiary alicyclic amines) is 1. The van der Waals surface area contributed by atoms with Crippen LogP contribution in [-0.2, 0) is 14.6 Å². The Balaban J connectivity index is 1.58. The van der Waals surface area contributed by atoms with Crippen molar-refractivity contribution >= 4 is 49.7 Å². The molecule has 0 N–H and O–H groups in total. The van der Waals surface area contributed by atoms with Crippen molar-refractivity contribution in [3.05, 3.63) is 58.6 Å². The summed E-state index contributed by atoms with van der Waals surface area (Å²) in [5.41, 5.74) is 1.29. The van der Waals surface area contributed by atoms with Crippen molar-refractivity contribution in [2.45, 2.75) is 31.1 Å². The number of rotatable bonds is 5. The monoisotopic (exact) mass is 524 g/mol. The van der Waals surface area contributed by atoms with Crippen molar-refractivity contribution in [3.63, 3.8) is 0 Å². The molecule has 1 fully saturated rings. The van der Waals surface area contributed by atoms with Gasteiger partial charge in [-0.2, -0.15) is 0 Å². The van der Waals surface area contributed by atoms with E-state index in [-0.39, 0.29) is 22.6 Å². The predicted octanol–water partition coefficient (Wildman–Crippen LogP) is 5.15. The molecule has 1 aliphatic rings. The Labute approximate surface area is 207 Å². The average Bonchev–Trinajstić information content (AvgIpc) is 2.79. The van der Waals surface area contributed by atoms with E-state index in [0.29, 0.717) is 41.6 Å². The Morgan fingerprint density at radius 1 is 1.18 bits per heavy atom. The minimum absolute atomic E-state index is 0.167. The lowest BCUT2D eigenvalue weighted by Gasteiger charge is -2.33. The van der Waals surface area contributed by atoms with Gasteiger partial charge in [0.15, 0.2) is 15.9 Å². The molecule has 2 atom stereocenters. The number of carbonyl (C=O) groups is 1. The molecule has 1 saturated heterocycles. The van der Waals surface area contributed by atoms with Gasteiger partial charge in [-0.3, -0.25) is 4.79 Å². The number of halogens is 3. The number of benzene rings is 2. The maximum absolute atomic E-state index is 13.5. The SMILES string of the molecule is C[C@@H](Oc1ccc2c(-c3ccc(F)cc3Cl)cnc(Cl)c2c1)C(=O)N1CCCC(S(C)(=O)=O)C1. The van der Waals surface area contributed by atoms with Gasteiger partial charge in [0.2, 0.25) is 0 Å². The number of pyridine rings is 1. The predicted molar refractivity (Wildman–Crippen MR) is 132 cm³/mol. The van der Waals surface area contributed by atoms with Crippen molar-refractivity contribution in [3.8, 4) is 16.9 Å². The molecular weight excluding hydrogens is 502 g/mol. The molecule has 2 heterocycles. The fourth-order valence-electron chi connectivity index (χ4n) is 4.18. The van der Waals surface area contributed by atoms with Crippen molar-refractivity contribution in [2.75, 3.05) is 19.3 Å². The van der Waals surface area contributed by atoms with Crippen LogP contribution in [0.25, 0.3) is 21.9 Å². The van der Waals surface area contributed by atoms with Crippen LogP contribution in [0, 0.1) is 5.82 Å². The minimum atomic E-state index is -3.23. The molecule has 1 aliphatic heterocycles. The Kier molecular flexibility index (Phi) is 7.03. The summed E-state index contributed by atoms with van der Waals surface area (Å²) in [6.45, 7) is 2.29. The van der Waals surface area contributed by atoms with Gasteiger partial charge in [0.25, 0.3) is 5.91 Å². The van der Waals surface area contributed by atoms with E-state index in [2.05, 4.69) is 4.98 Å². The summed E-state index contributed by atoms with van der Waals surface area (Å²) in [6.07, 6.45) is 3.13. The van der Waals surface area contributed by atoms with Crippen LogP contribution in [0.2, 0.25) is 10.2 Å². The van der Waals surface area contributed by atoms with Gasteiger partial charge in [0.1, 0.15) is 16.7 Å². The summed E-state index contributed by atoms with van der Waals surface area (Å²) in [7, 11) is -3.23. The van der Waals surface area contributed by atoms with Crippen molar-refractivity contribution in [2.24, 2.45) is 0 Å². The highest BCUT2D eigenvalue weighted by Crippen LogP contribution is 2.37. The van der Waals surface area contributed by atoms with E-state index in [0.717, 1.165) is 5.39 Å². The second-order valence-electron chi connectivity index (χ2n) is 8.43. The lowest BCUT2D eigenvalue weighted by Crippen LogP contribution is -2.49. The van der Waals surface area contributed by atoms with E-state index in [9.17, 15) is 17.6 Å². The number of ether oxygens (including phenoxy) is 1. The van der Waals surface area contributed by atoms with Crippen LogP contribution >= 0.6 is 23.2 Å². The summed E-state index contributed by atoms with van der Waals surface area (Å²) in [5.74, 6) is -0.300. The van der Waals surface area contributed by atoms with E-state index >= 15 is 0 Å². The number of carbonyl (C=O) groups excluding carboxylic acids is 1. The molecule has 4 rings (SSSR count). The molecular formula is C24H23Cl2FN2O4S. The third-order valence-electron chi connectivity index (χ3n) is 5.99. The summed E-state index contributed by atoms with van der Waals surface area (Å²) in [4.78, 5) is 18.7. The molecule has 6 nitrogen and oxygen atoms in total. The van der Waals surface area contributed by atoms with Crippen LogP contribution in [0.1, 0.15) is 19.8 Å². The Bertz CT molecular complexity index is 1370. The standard InChI is InChI=1S/C24H23Cl2FN2O4S/c1-14(24(30)29-9-3-4-17(13-29)34(2,31)32)33-16-6-8-18-20(11-16)23(26)28-12-21(18)19-7-5-15(27)10-22(19)25/h5-8,10-12,14,17H,3-4,9,13H2,1-2H3/t14-,17?/m1/s1. The van der Waals surface area contributed by atoms with Crippen LogP contribution in [0.15, 0.2) is 42.6 Å². The van der Waals surface area contributed by atoms with Gasteiger partial charge in [-0.05, 0) is 61.5 Å². The molecule has 10 heteroatoms. The first-order chi connectivity index (χ1) is 16.0. The highest BCUT2D eigenvalue weighted by atomic mass is 35.5. The fourth-order valence-corrected chi connectivity index (χ4v) is 5.70. The molecule has 3 aromatic rings. The Morgan fingerprint density at radius 3 is 2.65 bits per heavy atom. The maximum Gasteiger partial charge on any atom is 0.263 e. The number of amides is 1. The topological polar surface area (TPSA) is 76.6 Å². The van der Waals surface area contributed by atoms with E-state index in [1.807, 2.05) is 0 Å². The molecule has 2 aromatic carbocycles. The molecule has 1 amide bonds. The summed E-state index contributed by atoms with van der Waals surface area (Å²) < 4.78 is 43.2. The summed E-state index contributed by atoms with van der Waals surface area (Å²) in [6, 6.07) is 9.31.